The summed E-state index contributed by atoms with van der Waals surface area (Å²) in [6.45, 7) is 2.29. The molecule has 30 heavy (non-hydrogen) atoms. The van der Waals surface area contributed by atoms with Crippen molar-refractivity contribution in [3.8, 4) is 11.3 Å². The van der Waals surface area contributed by atoms with E-state index in [1.54, 1.807) is 10.7 Å². The molecule has 0 radical (unpaired) electrons. The second-order valence-corrected chi connectivity index (χ2v) is 8.40. The Morgan fingerprint density at radius 1 is 1.30 bits per heavy atom. The van der Waals surface area contributed by atoms with Gasteiger partial charge in [0.1, 0.15) is 0 Å². The quantitative estimate of drug-likeness (QED) is 0.453. The van der Waals surface area contributed by atoms with Gasteiger partial charge in [-0.3, -0.25) is 4.68 Å². The van der Waals surface area contributed by atoms with E-state index in [4.69, 9.17) is 17.3 Å². The van der Waals surface area contributed by atoms with Gasteiger partial charge in [0.25, 0.3) is 0 Å². The molecule has 0 fully saturated rings. The van der Waals surface area contributed by atoms with Crippen molar-refractivity contribution in [2.45, 2.75) is 38.4 Å². The first-order valence-corrected chi connectivity index (χ1v) is 10.9. The standard InChI is InChI=1S/C21H24ClF3N4S/c1-3-6-16-19(29(2)28-20(16)22)14-10-18(30-12-14)27-15(11-26)9-13-7-4-5-8-17(13)21(23,24)25/h4-5,7-8,10,12,15,27H,3,6,9,11,26H2,1-2H3/t15-/m0/s1. The molecule has 162 valence electrons. The van der Waals surface area contributed by atoms with Crippen molar-refractivity contribution in [1.29, 1.82) is 0 Å². The molecule has 3 aromatic rings. The van der Waals surface area contributed by atoms with Crippen molar-refractivity contribution < 1.29 is 13.2 Å². The highest BCUT2D eigenvalue weighted by atomic mass is 35.5. The molecule has 3 N–H and O–H groups in total. The number of rotatable bonds is 8. The zero-order valence-electron chi connectivity index (χ0n) is 16.8. The Labute approximate surface area is 182 Å². The fraction of sp³-hybridized carbons (Fsp3) is 0.381. The number of benzene rings is 1. The fourth-order valence-electron chi connectivity index (χ4n) is 3.54. The number of anilines is 1. The largest absolute Gasteiger partial charge is 0.416 e. The first-order chi connectivity index (χ1) is 14.2. The Morgan fingerprint density at radius 3 is 2.70 bits per heavy atom. The van der Waals surface area contributed by atoms with Crippen LogP contribution in [0.25, 0.3) is 11.3 Å². The SMILES string of the molecule is CCCc1c(Cl)nn(C)c1-c1csc(N[C@H](CN)Cc2ccccc2C(F)(F)F)c1. The van der Waals surface area contributed by atoms with Crippen molar-refractivity contribution in [2.75, 3.05) is 11.9 Å². The van der Waals surface area contributed by atoms with Crippen LogP contribution in [0.4, 0.5) is 18.2 Å². The third-order valence-electron chi connectivity index (χ3n) is 4.89. The van der Waals surface area contributed by atoms with E-state index >= 15 is 0 Å². The van der Waals surface area contributed by atoms with Crippen LogP contribution >= 0.6 is 22.9 Å². The Bertz CT molecular complexity index is 997. The minimum atomic E-state index is -4.39. The van der Waals surface area contributed by atoms with Crippen LogP contribution in [0.3, 0.4) is 0 Å². The Morgan fingerprint density at radius 2 is 2.03 bits per heavy atom. The maximum Gasteiger partial charge on any atom is 0.416 e. The lowest BCUT2D eigenvalue weighted by Gasteiger charge is -2.19. The average Bonchev–Trinajstić information content (AvgIpc) is 3.25. The smallest absolute Gasteiger partial charge is 0.373 e. The number of nitrogens with two attached hydrogens (primary N) is 1. The molecule has 0 aliphatic heterocycles. The number of alkyl halides is 3. The second-order valence-electron chi connectivity index (χ2n) is 7.13. The lowest BCUT2D eigenvalue weighted by atomic mass is 10.00. The maximum absolute atomic E-state index is 13.3. The molecule has 9 heteroatoms. The van der Waals surface area contributed by atoms with Crippen LogP contribution in [0.1, 0.15) is 30.0 Å². The van der Waals surface area contributed by atoms with Gasteiger partial charge in [-0.25, -0.2) is 0 Å². The topological polar surface area (TPSA) is 55.9 Å². The van der Waals surface area contributed by atoms with Crippen LogP contribution in [-0.4, -0.2) is 22.4 Å². The van der Waals surface area contributed by atoms with Gasteiger partial charge in [0.2, 0.25) is 0 Å². The van der Waals surface area contributed by atoms with Gasteiger partial charge in [0.15, 0.2) is 5.15 Å². The zero-order chi connectivity index (χ0) is 21.9. The predicted molar refractivity (Wildman–Crippen MR) is 117 cm³/mol. The van der Waals surface area contributed by atoms with E-state index in [1.807, 2.05) is 18.5 Å². The first-order valence-electron chi connectivity index (χ1n) is 9.66. The molecule has 0 aliphatic carbocycles. The number of halogens is 4. The molecule has 0 saturated carbocycles. The molecular formula is C21H24ClF3N4S. The van der Waals surface area contributed by atoms with Gasteiger partial charge in [-0.05, 0) is 30.5 Å². The van der Waals surface area contributed by atoms with Crippen LogP contribution in [0, 0.1) is 0 Å². The zero-order valence-corrected chi connectivity index (χ0v) is 18.3. The van der Waals surface area contributed by atoms with Crippen molar-refractivity contribution >= 4 is 27.9 Å². The molecule has 3 rings (SSSR count). The number of aromatic nitrogens is 2. The van der Waals surface area contributed by atoms with Gasteiger partial charge in [0, 0.05) is 36.1 Å². The molecule has 0 bridgehead atoms. The fourth-order valence-corrected chi connectivity index (χ4v) is 4.70. The summed E-state index contributed by atoms with van der Waals surface area (Å²) in [6.07, 6.45) is -2.44. The summed E-state index contributed by atoms with van der Waals surface area (Å²) in [5.41, 5.74) is 8.40. The van der Waals surface area contributed by atoms with E-state index < -0.39 is 11.7 Å². The van der Waals surface area contributed by atoms with Gasteiger partial charge in [-0.1, -0.05) is 43.1 Å². The number of aryl methyl sites for hydroxylation is 1. The minimum absolute atomic E-state index is 0.179. The number of nitrogens with one attached hydrogen (secondary N) is 1. The highest BCUT2D eigenvalue weighted by molar-refractivity contribution is 7.14. The molecule has 0 unspecified atom stereocenters. The molecule has 2 aromatic heterocycles. The number of hydrogen-bond acceptors (Lipinski definition) is 4. The van der Waals surface area contributed by atoms with Crippen molar-refractivity contribution in [3.63, 3.8) is 0 Å². The lowest BCUT2D eigenvalue weighted by molar-refractivity contribution is -0.138. The molecule has 0 amide bonds. The molecular weight excluding hydrogens is 433 g/mol. The summed E-state index contributed by atoms with van der Waals surface area (Å²) in [5, 5.41) is 10.9. The van der Waals surface area contributed by atoms with Crippen LogP contribution in [0.5, 0.6) is 0 Å². The van der Waals surface area contributed by atoms with Gasteiger partial charge < -0.3 is 11.1 Å². The van der Waals surface area contributed by atoms with E-state index in [1.165, 1.54) is 23.5 Å². The normalized spacial score (nSPS) is 12.9. The summed E-state index contributed by atoms with van der Waals surface area (Å²) < 4.78 is 41.6. The lowest BCUT2D eigenvalue weighted by Crippen LogP contribution is -2.31. The summed E-state index contributed by atoms with van der Waals surface area (Å²) in [7, 11) is 1.85. The number of nitrogens with zero attached hydrogens (tertiary/aromatic N) is 2. The summed E-state index contributed by atoms with van der Waals surface area (Å²) >= 11 is 7.76. The van der Waals surface area contributed by atoms with E-state index in [2.05, 4.69) is 17.3 Å². The number of hydrogen-bond donors (Lipinski definition) is 2. The van der Waals surface area contributed by atoms with E-state index in [9.17, 15) is 13.2 Å². The summed E-state index contributed by atoms with van der Waals surface area (Å²) in [4.78, 5) is 0. The Balaban J connectivity index is 1.81. The molecule has 0 aliphatic rings. The second kappa shape index (κ2) is 9.41. The van der Waals surface area contributed by atoms with Gasteiger partial charge >= 0.3 is 6.18 Å². The van der Waals surface area contributed by atoms with Crippen LogP contribution in [0.15, 0.2) is 35.7 Å². The molecule has 2 heterocycles. The molecule has 4 nitrogen and oxygen atoms in total. The maximum atomic E-state index is 13.3. The Kier molecular flexibility index (Phi) is 7.10. The average molecular weight is 457 g/mol. The van der Waals surface area contributed by atoms with Gasteiger partial charge in [-0.15, -0.1) is 11.3 Å². The van der Waals surface area contributed by atoms with Crippen molar-refractivity contribution in [3.05, 3.63) is 57.6 Å². The first kappa shape index (κ1) is 22.7. The highest BCUT2D eigenvalue weighted by Crippen LogP contribution is 2.36. The monoisotopic (exact) mass is 456 g/mol. The highest BCUT2D eigenvalue weighted by Gasteiger charge is 2.33. The number of thiophene rings is 1. The van der Waals surface area contributed by atoms with Gasteiger partial charge in [-0.2, -0.15) is 18.3 Å². The third-order valence-corrected chi connectivity index (χ3v) is 6.05. The van der Waals surface area contributed by atoms with Crippen LogP contribution < -0.4 is 11.1 Å². The van der Waals surface area contributed by atoms with Crippen molar-refractivity contribution in [1.82, 2.24) is 9.78 Å². The third kappa shape index (κ3) is 4.99. The molecule has 1 aromatic carbocycles. The molecule has 0 saturated heterocycles. The Hall–Kier alpha value is -2.03. The van der Waals surface area contributed by atoms with E-state index in [-0.39, 0.29) is 24.6 Å². The van der Waals surface area contributed by atoms with E-state index in [0.29, 0.717) is 5.15 Å². The molecule has 1 atom stereocenters. The molecule has 0 spiro atoms. The van der Waals surface area contributed by atoms with Crippen LogP contribution in [-0.2, 0) is 26.1 Å². The summed E-state index contributed by atoms with van der Waals surface area (Å²) in [6, 6.07) is 7.26. The predicted octanol–water partition coefficient (Wildman–Crippen LogP) is 5.76. The summed E-state index contributed by atoms with van der Waals surface area (Å²) in [5.74, 6) is 0. The van der Waals surface area contributed by atoms with Gasteiger partial charge in [0.05, 0.1) is 16.3 Å². The van der Waals surface area contributed by atoms with E-state index in [0.717, 1.165) is 40.7 Å². The minimum Gasteiger partial charge on any atom is -0.373 e. The van der Waals surface area contributed by atoms with Crippen LogP contribution in [0.2, 0.25) is 5.15 Å². The van der Waals surface area contributed by atoms with Crippen molar-refractivity contribution in [2.24, 2.45) is 12.8 Å².